The second kappa shape index (κ2) is 13.5. The number of hydrogen-bond acceptors (Lipinski definition) is 1. The molecule has 0 atom stereocenters. The quantitative estimate of drug-likeness (QED) is 0.327. The van der Waals surface area contributed by atoms with E-state index >= 15 is 0 Å². The lowest BCUT2D eigenvalue weighted by Crippen LogP contribution is -1.89. The van der Waals surface area contributed by atoms with Crippen LogP contribution in [-0.4, -0.2) is 5.78 Å². The van der Waals surface area contributed by atoms with Crippen molar-refractivity contribution in [3.63, 3.8) is 0 Å². The van der Waals surface area contributed by atoms with Gasteiger partial charge in [-0.2, -0.15) is 0 Å². The zero-order valence-electron chi connectivity index (χ0n) is 11.8. The van der Waals surface area contributed by atoms with Crippen molar-refractivity contribution in [2.24, 2.45) is 0 Å². The summed E-state index contributed by atoms with van der Waals surface area (Å²) in [6, 6.07) is 0. The summed E-state index contributed by atoms with van der Waals surface area (Å²) >= 11 is 0. The summed E-state index contributed by atoms with van der Waals surface area (Å²) in [5.41, 5.74) is 0. The van der Waals surface area contributed by atoms with Crippen LogP contribution in [0.4, 0.5) is 0 Å². The minimum Gasteiger partial charge on any atom is -0.300 e. The highest BCUT2D eigenvalue weighted by atomic mass is 16.1. The van der Waals surface area contributed by atoms with Crippen LogP contribution in [0.5, 0.6) is 0 Å². The van der Waals surface area contributed by atoms with Gasteiger partial charge < -0.3 is 4.79 Å². The van der Waals surface area contributed by atoms with Crippen LogP contribution in [0.25, 0.3) is 0 Å². The monoisotopic (exact) mass is 238 g/mol. The Kier molecular flexibility index (Phi) is 13.0. The molecule has 0 aliphatic carbocycles. The Labute approximate surface area is 108 Å². The van der Waals surface area contributed by atoms with Gasteiger partial charge in [0, 0.05) is 6.42 Å². The maximum absolute atomic E-state index is 10.7. The van der Waals surface area contributed by atoms with E-state index in [1.807, 2.05) is 0 Å². The molecule has 0 rings (SSSR count). The highest BCUT2D eigenvalue weighted by Crippen LogP contribution is 2.10. The van der Waals surface area contributed by atoms with Crippen LogP contribution in [0.15, 0.2) is 12.2 Å². The van der Waals surface area contributed by atoms with Gasteiger partial charge in [-0.15, -0.1) is 0 Å². The molecule has 0 saturated heterocycles. The lowest BCUT2D eigenvalue weighted by molar-refractivity contribution is -0.117. The molecule has 1 heteroatoms. The number of Topliss-reactive ketones (excluding diaryl/α,β-unsaturated/α-hetero) is 1. The Bertz CT molecular complexity index is 194. The first-order chi connectivity index (χ1) is 8.27. The molecule has 1 nitrogen and oxygen atoms in total. The lowest BCUT2D eigenvalue weighted by atomic mass is 10.1. The van der Waals surface area contributed by atoms with Crippen LogP contribution in [0, 0.1) is 0 Å². The van der Waals surface area contributed by atoms with E-state index in [1.165, 1.54) is 57.8 Å². The molecule has 0 amide bonds. The van der Waals surface area contributed by atoms with E-state index in [-0.39, 0.29) is 0 Å². The molecule has 0 bridgehead atoms. The van der Waals surface area contributed by atoms with E-state index in [2.05, 4.69) is 19.1 Å². The van der Waals surface area contributed by atoms with Gasteiger partial charge >= 0.3 is 0 Å². The van der Waals surface area contributed by atoms with Crippen LogP contribution < -0.4 is 0 Å². The summed E-state index contributed by atoms with van der Waals surface area (Å²) in [6.45, 7) is 3.87. The number of allylic oxidation sites excluding steroid dienone is 2. The smallest absolute Gasteiger partial charge is 0.129 e. The molecule has 0 aromatic carbocycles. The predicted octanol–water partition coefficient (Wildman–Crippen LogP) is 5.44. The van der Waals surface area contributed by atoms with Gasteiger partial charge in [0.1, 0.15) is 5.78 Å². The van der Waals surface area contributed by atoms with Crippen molar-refractivity contribution >= 4 is 5.78 Å². The first kappa shape index (κ1) is 16.4. The number of rotatable bonds is 12. The highest BCUT2D eigenvalue weighted by Gasteiger charge is 1.94. The Morgan fingerprint density at radius 1 is 0.824 bits per heavy atom. The van der Waals surface area contributed by atoms with Gasteiger partial charge in [0.2, 0.25) is 0 Å². The minimum atomic E-state index is 0.338. The van der Waals surface area contributed by atoms with Crippen molar-refractivity contribution in [1.82, 2.24) is 0 Å². The topological polar surface area (TPSA) is 17.1 Å². The van der Waals surface area contributed by atoms with Gasteiger partial charge in [-0.1, -0.05) is 57.6 Å². The fourth-order valence-corrected chi connectivity index (χ4v) is 1.98. The van der Waals surface area contributed by atoms with E-state index in [0.717, 1.165) is 12.8 Å². The van der Waals surface area contributed by atoms with Crippen LogP contribution in [0.2, 0.25) is 0 Å². The van der Waals surface area contributed by atoms with Crippen LogP contribution in [0.3, 0.4) is 0 Å². The number of hydrogen-bond donors (Lipinski definition) is 0. The number of carbonyl (C=O) groups excluding carboxylic acids is 1. The molecule has 100 valence electrons. The largest absolute Gasteiger partial charge is 0.300 e. The van der Waals surface area contributed by atoms with E-state index in [1.54, 1.807) is 6.92 Å². The van der Waals surface area contributed by atoms with Crippen molar-refractivity contribution in [1.29, 1.82) is 0 Å². The molecule has 17 heavy (non-hydrogen) atoms. The summed E-state index contributed by atoms with van der Waals surface area (Å²) in [4.78, 5) is 10.7. The molecule has 0 aromatic heterocycles. The van der Waals surface area contributed by atoms with Gasteiger partial charge in [0.15, 0.2) is 0 Å². The summed E-state index contributed by atoms with van der Waals surface area (Å²) in [5, 5.41) is 0. The predicted molar refractivity (Wildman–Crippen MR) is 76.3 cm³/mol. The number of carbonyl (C=O) groups is 1. The average Bonchev–Trinajstić information content (AvgIpc) is 2.30. The average molecular weight is 238 g/mol. The number of unbranched alkanes of at least 4 members (excludes halogenated alkanes) is 8. The van der Waals surface area contributed by atoms with Crippen molar-refractivity contribution in [2.45, 2.75) is 84.5 Å². The first-order valence-electron chi connectivity index (χ1n) is 7.41. The molecular formula is C16H30O. The van der Waals surface area contributed by atoms with Crippen LogP contribution in [0.1, 0.15) is 84.5 Å². The molecule has 0 radical (unpaired) electrons. The van der Waals surface area contributed by atoms with E-state index in [4.69, 9.17) is 0 Å². The standard InChI is InChI=1S/C16H30O/c1-3-4-5-6-7-8-9-10-11-12-13-14-15-16(2)17/h4-5H,3,6-15H2,1-2H3/b5-4-. The van der Waals surface area contributed by atoms with Crippen molar-refractivity contribution in [2.75, 3.05) is 0 Å². The second-order valence-electron chi connectivity index (χ2n) is 4.95. The van der Waals surface area contributed by atoms with Crippen LogP contribution in [-0.2, 0) is 4.79 Å². The van der Waals surface area contributed by atoms with Crippen molar-refractivity contribution in [3.05, 3.63) is 12.2 Å². The fraction of sp³-hybridized carbons (Fsp3) is 0.812. The highest BCUT2D eigenvalue weighted by molar-refractivity contribution is 5.75. The first-order valence-corrected chi connectivity index (χ1v) is 7.41. The Balaban J connectivity index is 2.98. The molecular weight excluding hydrogens is 208 g/mol. The van der Waals surface area contributed by atoms with E-state index in [9.17, 15) is 4.79 Å². The number of ketones is 1. The van der Waals surface area contributed by atoms with Gasteiger partial charge in [0.05, 0.1) is 0 Å². The third kappa shape index (κ3) is 15.4. The molecule has 0 aliphatic heterocycles. The molecule has 0 fully saturated rings. The zero-order chi connectivity index (χ0) is 12.8. The van der Waals surface area contributed by atoms with Gasteiger partial charge in [0.25, 0.3) is 0 Å². The molecule has 0 spiro atoms. The molecule has 0 saturated carbocycles. The SMILES string of the molecule is CC/C=C\CCCCCCCCCCC(C)=O. The maximum Gasteiger partial charge on any atom is 0.129 e. The summed E-state index contributed by atoms with van der Waals surface area (Å²) in [6.07, 6.45) is 18.2. The Morgan fingerprint density at radius 2 is 1.35 bits per heavy atom. The molecule has 0 aromatic rings. The molecule has 0 unspecified atom stereocenters. The minimum absolute atomic E-state index is 0.338. The maximum atomic E-state index is 10.7. The van der Waals surface area contributed by atoms with Gasteiger partial charge in [-0.3, -0.25) is 0 Å². The van der Waals surface area contributed by atoms with Gasteiger partial charge in [-0.05, 0) is 32.6 Å². The lowest BCUT2D eigenvalue weighted by Gasteiger charge is -2.01. The van der Waals surface area contributed by atoms with Crippen molar-refractivity contribution in [3.8, 4) is 0 Å². The Morgan fingerprint density at radius 3 is 1.88 bits per heavy atom. The third-order valence-electron chi connectivity index (χ3n) is 3.05. The van der Waals surface area contributed by atoms with Crippen LogP contribution >= 0.6 is 0 Å². The van der Waals surface area contributed by atoms with E-state index in [0.29, 0.717) is 5.78 Å². The summed E-state index contributed by atoms with van der Waals surface area (Å²) < 4.78 is 0. The normalized spacial score (nSPS) is 11.2. The fourth-order valence-electron chi connectivity index (χ4n) is 1.98. The Hall–Kier alpha value is -0.590. The zero-order valence-corrected chi connectivity index (χ0v) is 11.8. The summed E-state index contributed by atoms with van der Waals surface area (Å²) in [7, 11) is 0. The second-order valence-corrected chi connectivity index (χ2v) is 4.95. The van der Waals surface area contributed by atoms with Gasteiger partial charge in [-0.25, -0.2) is 0 Å². The summed E-state index contributed by atoms with van der Waals surface area (Å²) in [5.74, 6) is 0.338. The molecule has 0 heterocycles. The molecule has 0 aliphatic rings. The van der Waals surface area contributed by atoms with Crippen molar-refractivity contribution < 1.29 is 4.79 Å². The molecule has 0 N–H and O–H groups in total. The third-order valence-corrected chi connectivity index (χ3v) is 3.05. The van der Waals surface area contributed by atoms with E-state index < -0.39 is 0 Å².